The van der Waals surface area contributed by atoms with Gasteiger partial charge in [0.25, 0.3) is 0 Å². The van der Waals surface area contributed by atoms with Gasteiger partial charge in [-0.1, -0.05) is 67.5 Å². The lowest BCUT2D eigenvalue weighted by Crippen LogP contribution is -2.29. The molecule has 3 rings (SSSR count). The fourth-order valence-corrected chi connectivity index (χ4v) is 4.04. The molecule has 0 fully saturated rings. The second-order valence-corrected chi connectivity index (χ2v) is 11.0. The van der Waals surface area contributed by atoms with Crippen molar-refractivity contribution in [2.24, 2.45) is 0 Å². The average molecular weight is 439 g/mol. The maximum Gasteiger partial charge on any atom is 0.341 e. The summed E-state index contributed by atoms with van der Waals surface area (Å²) >= 11 is 0. The fourth-order valence-electron chi connectivity index (χ4n) is 4.04. The van der Waals surface area contributed by atoms with E-state index in [2.05, 4.69) is 67.5 Å². The van der Waals surface area contributed by atoms with Gasteiger partial charge in [0.2, 0.25) is 0 Å². The smallest absolute Gasteiger partial charge is 0.341 e. The largest absolute Gasteiger partial charge is 0.465 e. The summed E-state index contributed by atoms with van der Waals surface area (Å²) in [7, 11) is 2.71. The molecule has 2 aromatic carbocycles. The van der Waals surface area contributed by atoms with E-state index in [0.717, 1.165) is 22.3 Å². The van der Waals surface area contributed by atoms with E-state index < -0.39 is 17.4 Å². The zero-order valence-electron chi connectivity index (χ0n) is 20.9. The molecule has 0 saturated carbocycles. The molecular weight excluding hydrogens is 404 g/mol. The van der Waals surface area contributed by atoms with E-state index in [4.69, 9.17) is 14.2 Å². The van der Waals surface area contributed by atoms with Crippen molar-refractivity contribution < 1.29 is 23.8 Å². The molecule has 1 heterocycles. The first kappa shape index (κ1) is 23.8. The van der Waals surface area contributed by atoms with E-state index >= 15 is 0 Å². The molecule has 0 amide bonds. The lowest BCUT2D eigenvalue weighted by atomic mass is 9.70. The van der Waals surface area contributed by atoms with Gasteiger partial charge in [0.1, 0.15) is 22.6 Å². The Kier molecular flexibility index (Phi) is 5.70. The van der Waals surface area contributed by atoms with E-state index in [9.17, 15) is 9.59 Å². The number of esters is 2. The van der Waals surface area contributed by atoms with Gasteiger partial charge in [-0.3, -0.25) is 0 Å². The highest BCUT2D eigenvalue weighted by molar-refractivity contribution is 5.97. The van der Waals surface area contributed by atoms with Crippen LogP contribution in [0.25, 0.3) is 0 Å². The summed E-state index contributed by atoms with van der Waals surface area (Å²) in [4.78, 5) is 25.5. The molecule has 0 bridgehead atoms. The van der Waals surface area contributed by atoms with Crippen LogP contribution in [0.4, 0.5) is 0 Å². The van der Waals surface area contributed by atoms with Crippen molar-refractivity contribution in [3.05, 3.63) is 57.6 Å². The average Bonchev–Trinajstić information content (AvgIpc) is 2.70. The molecule has 0 aromatic heterocycles. The topological polar surface area (TPSA) is 61.8 Å². The Hall–Kier alpha value is -2.82. The number of hydrogen-bond acceptors (Lipinski definition) is 5. The Morgan fingerprint density at radius 1 is 0.719 bits per heavy atom. The molecule has 0 atom stereocenters. The molecule has 0 saturated heterocycles. The molecule has 32 heavy (non-hydrogen) atoms. The highest BCUT2D eigenvalue weighted by atomic mass is 16.5. The van der Waals surface area contributed by atoms with Crippen LogP contribution in [0.3, 0.4) is 0 Å². The third-order valence-corrected chi connectivity index (χ3v) is 6.27. The summed E-state index contributed by atoms with van der Waals surface area (Å²) in [5, 5.41) is 0. The van der Waals surface area contributed by atoms with Gasteiger partial charge in [0.05, 0.1) is 14.2 Å². The maximum atomic E-state index is 12.8. The summed E-state index contributed by atoms with van der Waals surface area (Å²) in [6.07, 6.45) is 0. The van der Waals surface area contributed by atoms with Crippen LogP contribution in [-0.4, -0.2) is 26.2 Å². The lowest BCUT2D eigenvalue weighted by Gasteiger charge is -2.38. The lowest BCUT2D eigenvalue weighted by molar-refractivity contribution is 0.0593. The van der Waals surface area contributed by atoms with Gasteiger partial charge in [-0.2, -0.15) is 0 Å². The predicted octanol–water partition coefficient (Wildman–Crippen LogP) is 6.29. The summed E-state index contributed by atoms with van der Waals surface area (Å²) < 4.78 is 16.5. The Balaban J connectivity index is 2.42. The van der Waals surface area contributed by atoms with Gasteiger partial charge in [-0.25, -0.2) is 9.59 Å². The Labute approximate surface area is 191 Å². The van der Waals surface area contributed by atoms with Gasteiger partial charge in [-0.15, -0.1) is 0 Å². The second-order valence-electron chi connectivity index (χ2n) is 11.0. The minimum Gasteiger partial charge on any atom is -0.465 e. The molecule has 5 nitrogen and oxygen atoms in total. The van der Waals surface area contributed by atoms with Crippen LogP contribution >= 0.6 is 0 Å². The van der Waals surface area contributed by atoms with Crippen LogP contribution in [-0.2, 0) is 25.7 Å². The van der Waals surface area contributed by atoms with Crippen molar-refractivity contribution in [1.82, 2.24) is 0 Å². The first-order valence-corrected chi connectivity index (χ1v) is 10.9. The van der Waals surface area contributed by atoms with Crippen molar-refractivity contribution in [3.63, 3.8) is 0 Å². The van der Waals surface area contributed by atoms with E-state index in [1.165, 1.54) is 14.2 Å². The summed E-state index contributed by atoms with van der Waals surface area (Å²) in [6, 6.07) is 7.86. The van der Waals surface area contributed by atoms with Crippen LogP contribution in [0, 0.1) is 0 Å². The van der Waals surface area contributed by atoms with Gasteiger partial charge < -0.3 is 14.2 Å². The number of rotatable bonds is 2. The monoisotopic (exact) mass is 438 g/mol. The van der Waals surface area contributed by atoms with E-state index in [1.807, 2.05) is 12.1 Å². The zero-order chi connectivity index (χ0) is 24.2. The van der Waals surface area contributed by atoms with Crippen LogP contribution in [0.15, 0.2) is 24.3 Å². The van der Waals surface area contributed by atoms with Gasteiger partial charge in [0, 0.05) is 16.5 Å². The Bertz CT molecular complexity index is 1010. The van der Waals surface area contributed by atoms with E-state index in [-0.39, 0.29) is 10.8 Å². The molecule has 5 heteroatoms. The van der Waals surface area contributed by atoms with Crippen LogP contribution < -0.4 is 4.74 Å². The minimum atomic E-state index is -0.531. The van der Waals surface area contributed by atoms with Crippen LogP contribution in [0.2, 0.25) is 0 Å². The Morgan fingerprint density at radius 2 is 1.06 bits per heavy atom. The van der Waals surface area contributed by atoms with E-state index in [0.29, 0.717) is 22.6 Å². The van der Waals surface area contributed by atoms with Crippen molar-refractivity contribution in [2.45, 2.75) is 71.6 Å². The van der Waals surface area contributed by atoms with Gasteiger partial charge in [-0.05, 0) is 34.1 Å². The molecule has 1 aliphatic heterocycles. The summed E-state index contributed by atoms with van der Waals surface area (Å²) in [5.41, 5.74) is 3.61. The molecule has 2 aromatic rings. The summed E-state index contributed by atoms with van der Waals surface area (Å²) in [5.74, 6) is -0.0953. The van der Waals surface area contributed by atoms with Crippen LogP contribution in [0.5, 0.6) is 11.5 Å². The SMILES string of the molecule is COC(=O)c1cc(C(C)(C)C)cc2c1Oc1c(C(=O)OC)cc(C(C)(C)C)cc1C2(C)C. The number of carbonyl (C=O) groups excluding carboxylic acids is 2. The second kappa shape index (κ2) is 7.65. The van der Waals surface area contributed by atoms with Crippen LogP contribution in [0.1, 0.15) is 98.4 Å². The highest BCUT2D eigenvalue weighted by Gasteiger charge is 2.41. The number of benzene rings is 2. The third-order valence-electron chi connectivity index (χ3n) is 6.27. The number of carbonyl (C=O) groups is 2. The quantitative estimate of drug-likeness (QED) is 0.516. The molecule has 0 radical (unpaired) electrons. The minimum absolute atomic E-state index is 0.182. The Morgan fingerprint density at radius 3 is 1.34 bits per heavy atom. The van der Waals surface area contributed by atoms with E-state index in [1.54, 1.807) is 0 Å². The molecule has 1 aliphatic rings. The number of fused-ring (bicyclic) bond motifs is 2. The van der Waals surface area contributed by atoms with Crippen molar-refractivity contribution in [3.8, 4) is 11.5 Å². The molecule has 0 aliphatic carbocycles. The van der Waals surface area contributed by atoms with Gasteiger partial charge in [0.15, 0.2) is 0 Å². The fraction of sp³-hybridized carbons (Fsp3) is 0.481. The third kappa shape index (κ3) is 3.89. The number of methoxy groups -OCH3 is 2. The predicted molar refractivity (Wildman–Crippen MR) is 125 cm³/mol. The first-order valence-electron chi connectivity index (χ1n) is 10.9. The standard InChI is InChI=1S/C27H34O5/c1-25(2,3)15-11-17(23(28)30-9)21-19(13-15)27(7,8)20-14-16(26(4,5)6)12-18(22(20)32-21)24(29)31-10/h11-14H,1-10H3. The number of hydrogen-bond donors (Lipinski definition) is 0. The molecule has 0 spiro atoms. The molecule has 172 valence electrons. The van der Waals surface area contributed by atoms with Gasteiger partial charge >= 0.3 is 11.9 Å². The molecular formula is C27H34O5. The summed E-state index contributed by atoms with van der Waals surface area (Å²) in [6.45, 7) is 16.8. The van der Waals surface area contributed by atoms with Crippen molar-refractivity contribution in [1.29, 1.82) is 0 Å². The zero-order valence-corrected chi connectivity index (χ0v) is 20.9. The highest BCUT2D eigenvalue weighted by Crippen LogP contribution is 2.52. The molecule has 0 unspecified atom stereocenters. The molecule has 0 N–H and O–H groups in total. The first-order chi connectivity index (χ1) is 14.6. The van der Waals surface area contributed by atoms with Crippen molar-refractivity contribution in [2.75, 3.05) is 14.2 Å². The normalized spacial score (nSPS) is 14.7. The number of ether oxygens (including phenoxy) is 3. The van der Waals surface area contributed by atoms with Crippen molar-refractivity contribution >= 4 is 11.9 Å². The maximum absolute atomic E-state index is 12.8.